The fraction of sp³-hybridized carbons (Fsp3) is 0.433. The van der Waals surface area contributed by atoms with E-state index in [0.717, 1.165) is 37.9 Å². The first-order valence-electron chi connectivity index (χ1n) is 13.5. The van der Waals surface area contributed by atoms with Crippen molar-refractivity contribution in [2.45, 2.75) is 57.4 Å². The minimum absolute atomic E-state index is 0.0263. The van der Waals surface area contributed by atoms with Gasteiger partial charge in [0, 0.05) is 41.6 Å². The van der Waals surface area contributed by atoms with E-state index >= 15 is 0 Å². The molecule has 1 saturated heterocycles. The van der Waals surface area contributed by atoms with Crippen LogP contribution in [0.4, 0.5) is 5.82 Å². The van der Waals surface area contributed by atoms with E-state index in [0.29, 0.717) is 28.1 Å². The van der Waals surface area contributed by atoms with Gasteiger partial charge in [0.15, 0.2) is 5.82 Å². The van der Waals surface area contributed by atoms with Crippen LogP contribution in [-0.4, -0.2) is 49.6 Å². The van der Waals surface area contributed by atoms with Crippen molar-refractivity contribution in [3.8, 4) is 5.88 Å². The van der Waals surface area contributed by atoms with Crippen LogP contribution in [0.25, 0.3) is 12.2 Å². The Labute approximate surface area is 244 Å². The third-order valence-electron chi connectivity index (χ3n) is 7.87. The molecule has 3 heterocycles. The number of aliphatic hydroxyl groups excluding tert-OH is 1. The maximum atomic E-state index is 13.2. The maximum absolute atomic E-state index is 13.2. The Hall–Kier alpha value is -2.69. The minimum atomic E-state index is -1.18. The second-order valence-corrected chi connectivity index (χ2v) is 13.8. The van der Waals surface area contributed by atoms with Gasteiger partial charge in [0.05, 0.1) is 31.6 Å². The van der Waals surface area contributed by atoms with E-state index in [1.807, 2.05) is 32.9 Å². The average Bonchev–Trinajstić information content (AvgIpc) is 3.24. The smallest absolute Gasteiger partial charge is 0.232 e. The Morgan fingerprint density at radius 3 is 2.65 bits per heavy atom. The molecular weight excluding hydrogens is 546 g/mol. The molecule has 0 bridgehead atoms. The standard InChI is InChI=1S/C30H36ClN5O3S/c1-29(2,3)40(38)35-26-23-8-6-5-7-21(23)17-30(26)12-15-36(16-13-30)27-24(19-37)34-22(18-33-27)10-9-20-11-14-32-28(39-4)25(20)31/h5-11,14,18,26,35,37H,12-13,15-17,19H2,1-4H3/b10-9+/t26-,40?/m1/s1. The molecule has 1 aliphatic heterocycles. The van der Waals surface area contributed by atoms with Gasteiger partial charge in [0.1, 0.15) is 15.5 Å². The summed E-state index contributed by atoms with van der Waals surface area (Å²) in [5, 5.41) is 10.6. The molecule has 1 fully saturated rings. The molecule has 1 aliphatic carbocycles. The van der Waals surface area contributed by atoms with Crippen LogP contribution in [0.1, 0.15) is 67.7 Å². The van der Waals surface area contributed by atoms with Crippen molar-refractivity contribution in [2.24, 2.45) is 5.41 Å². The second-order valence-electron chi connectivity index (χ2n) is 11.4. The van der Waals surface area contributed by atoms with E-state index in [1.54, 1.807) is 18.5 Å². The Kier molecular flexibility index (Phi) is 8.40. The van der Waals surface area contributed by atoms with Gasteiger partial charge < -0.3 is 19.3 Å². The third-order valence-corrected chi connectivity index (χ3v) is 9.81. The van der Waals surface area contributed by atoms with Crippen LogP contribution in [0.5, 0.6) is 5.88 Å². The highest BCUT2D eigenvalue weighted by Crippen LogP contribution is 2.53. The molecule has 3 aromatic rings. The van der Waals surface area contributed by atoms with Gasteiger partial charge in [-0.05, 0) is 63.3 Å². The summed E-state index contributed by atoms with van der Waals surface area (Å²) in [5.74, 6) is 1.06. The molecule has 5 rings (SSSR count). The van der Waals surface area contributed by atoms with E-state index in [2.05, 4.69) is 43.9 Å². The molecule has 8 nitrogen and oxygen atoms in total. The Morgan fingerprint density at radius 1 is 1.20 bits per heavy atom. The molecule has 212 valence electrons. The molecule has 0 amide bonds. The highest BCUT2D eigenvalue weighted by Gasteiger charge is 2.50. The fourth-order valence-electron chi connectivity index (χ4n) is 5.66. The monoisotopic (exact) mass is 581 g/mol. The van der Waals surface area contributed by atoms with Crippen LogP contribution in [0.15, 0.2) is 42.7 Å². The lowest BCUT2D eigenvalue weighted by Crippen LogP contribution is -2.50. The van der Waals surface area contributed by atoms with Crippen molar-refractivity contribution in [1.82, 2.24) is 19.7 Å². The summed E-state index contributed by atoms with van der Waals surface area (Å²) < 4.78 is 21.5. The number of aliphatic hydroxyl groups is 1. The van der Waals surface area contributed by atoms with Crippen molar-refractivity contribution < 1.29 is 14.4 Å². The first-order valence-corrected chi connectivity index (χ1v) is 15.0. The van der Waals surface area contributed by atoms with Crippen LogP contribution in [0.3, 0.4) is 0 Å². The van der Waals surface area contributed by atoms with Crippen molar-refractivity contribution in [3.05, 3.63) is 75.8 Å². The summed E-state index contributed by atoms with van der Waals surface area (Å²) >= 11 is 5.18. The van der Waals surface area contributed by atoms with Crippen LogP contribution >= 0.6 is 11.6 Å². The molecule has 2 aromatic heterocycles. The van der Waals surface area contributed by atoms with E-state index < -0.39 is 11.4 Å². The Bertz CT molecular complexity index is 1390. The lowest BCUT2D eigenvalue weighted by Gasteiger charge is -2.44. The number of aromatic nitrogens is 3. The van der Waals surface area contributed by atoms with Crippen LogP contribution in [0, 0.1) is 5.41 Å². The number of halogens is 1. The number of benzene rings is 1. The first-order chi connectivity index (χ1) is 19.1. The van der Waals surface area contributed by atoms with Gasteiger partial charge in [-0.2, -0.15) is 0 Å². The predicted octanol–water partition coefficient (Wildman–Crippen LogP) is 5.13. The van der Waals surface area contributed by atoms with Crippen molar-refractivity contribution in [2.75, 3.05) is 25.1 Å². The van der Waals surface area contributed by atoms with E-state index in [9.17, 15) is 9.66 Å². The normalized spacial score (nSPS) is 19.3. The Morgan fingerprint density at radius 2 is 1.95 bits per heavy atom. The number of rotatable bonds is 7. The number of hydrogen-bond donors (Lipinski definition) is 2. The number of nitrogens with zero attached hydrogens (tertiary/aromatic N) is 4. The second kappa shape index (κ2) is 11.7. The van der Waals surface area contributed by atoms with Gasteiger partial charge in [0.2, 0.25) is 5.88 Å². The molecule has 1 unspecified atom stereocenters. The number of methoxy groups -OCH3 is 1. The summed E-state index contributed by atoms with van der Waals surface area (Å²) in [7, 11) is 1.52. The highest BCUT2D eigenvalue weighted by atomic mass is 35.5. The number of hydrogen-bond acceptors (Lipinski definition) is 8. The van der Waals surface area contributed by atoms with Gasteiger partial charge in [-0.1, -0.05) is 41.9 Å². The van der Waals surface area contributed by atoms with E-state index in [-0.39, 0.29) is 22.8 Å². The summed E-state index contributed by atoms with van der Waals surface area (Å²) in [6.07, 6.45) is 9.77. The minimum Gasteiger partial charge on any atom is -0.598 e. The number of ether oxygens (including phenoxy) is 1. The third kappa shape index (κ3) is 5.71. The van der Waals surface area contributed by atoms with Crippen molar-refractivity contribution in [3.63, 3.8) is 0 Å². The van der Waals surface area contributed by atoms with Crippen molar-refractivity contribution in [1.29, 1.82) is 0 Å². The topological polar surface area (TPSA) is 106 Å². The fourth-order valence-corrected chi connectivity index (χ4v) is 6.86. The molecule has 40 heavy (non-hydrogen) atoms. The molecule has 2 atom stereocenters. The summed E-state index contributed by atoms with van der Waals surface area (Å²) in [5.41, 5.74) is 4.47. The Balaban J connectivity index is 1.33. The van der Waals surface area contributed by atoms with Crippen LogP contribution < -0.4 is 14.4 Å². The van der Waals surface area contributed by atoms with Gasteiger partial charge in [0.25, 0.3) is 0 Å². The SMILES string of the molecule is COc1nccc(/C=C/c2cnc(N3CCC4(CC3)Cc3ccccc3[C@H]4N[S+]([O-])C(C)(C)C)c(CO)n2)c1Cl. The molecule has 2 N–H and O–H groups in total. The van der Waals surface area contributed by atoms with Crippen LogP contribution in [-0.2, 0) is 24.4 Å². The number of nitrogens with one attached hydrogen (secondary N) is 1. The lowest BCUT2D eigenvalue weighted by atomic mass is 9.73. The first kappa shape index (κ1) is 28.8. The van der Waals surface area contributed by atoms with Gasteiger partial charge in [-0.3, -0.25) is 0 Å². The van der Waals surface area contributed by atoms with Gasteiger partial charge in [-0.15, -0.1) is 4.72 Å². The molecule has 10 heteroatoms. The zero-order valence-electron chi connectivity index (χ0n) is 23.4. The molecule has 1 spiro atoms. The maximum Gasteiger partial charge on any atom is 0.232 e. The lowest BCUT2D eigenvalue weighted by molar-refractivity contribution is 0.175. The quantitative estimate of drug-likeness (QED) is 0.370. The van der Waals surface area contributed by atoms with E-state index in [1.165, 1.54) is 18.2 Å². The van der Waals surface area contributed by atoms with E-state index in [4.69, 9.17) is 21.3 Å². The van der Waals surface area contributed by atoms with Crippen LogP contribution in [0.2, 0.25) is 5.02 Å². The van der Waals surface area contributed by atoms with Gasteiger partial charge in [-0.25, -0.2) is 15.0 Å². The molecular formula is C30H36ClN5O3S. The zero-order chi connectivity index (χ0) is 28.5. The summed E-state index contributed by atoms with van der Waals surface area (Å²) in [6.45, 7) is 7.35. The molecule has 1 aromatic carbocycles. The number of fused-ring (bicyclic) bond motifs is 1. The largest absolute Gasteiger partial charge is 0.598 e. The predicted molar refractivity (Wildman–Crippen MR) is 160 cm³/mol. The number of pyridine rings is 1. The molecule has 2 aliphatic rings. The molecule has 0 radical (unpaired) electrons. The van der Waals surface area contributed by atoms with Crippen molar-refractivity contribution >= 4 is 40.9 Å². The summed E-state index contributed by atoms with van der Waals surface area (Å²) in [6, 6.07) is 10.3. The average molecular weight is 582 g/mol. The zero-order valence-corrected chi connectivity index (χ0v) is 24.9. The highest BCUT2D eigenvalue weighted by molar-refractivity contribution is 7.90. The molecule has 0 saturated carbocycles. The van der Waals surface area contributed by atoms with Gasteiger partial charge >= 0.3 is 0 Å². The summed E-state index contributed by atoms with van der Waals surface area (Å²) in [4.78, 5) is 15.7. The number of anilines is 1. The number of piperidine rings is 1.